The van der Waals surface area contributed by atoms with Crippen molar-refractivity contribution in [3.05, 3.63) is 72.8 Å². The van der Waals surface area contributed by atoms with Crippen LogP contribution < -0.4 is 10.9 Å². The minimum absolute atomic E-state index is 0.375. The number of benzene rings is 3. The van der Waals surface area contributed by atoms with E-state index in [9.17, 15) is 0 Å². The maximum atomic E-state index is 6.31. The largest absolute Gasteiger partial charge is 0.494 e. The van der Waals surface area contributed by atoms with Gasteiger partial charge >= 0.3 is 14.2 Å². The zero-order valence-electron chi connectivity index (χ0n) is 22.7. The number of hydrogen-bond donors (Lipinski definition) is 0. The quantitative estimate of drug-likeness (QED) is 0.453. The van der Waals surface area contributed by atoms with Crippen molar-refractivity contribution in [3.63, 3.8) is 0 Å². The van der Waals surface area contributed by atoms with Crippen molar-refractivity contribution in [2.75, 3.05) is 0 Å². The van der Waals surface area contributed by atoms with Crippen LogP contribution in [0.2, 0.25) is 0 Å². The van der Waals surface area contributed by atoms with E-state index in [1.54, 1.807) is 0 Å². The molecule has 0 radical (unpaired) electrons. The first-order valence-electron chi connectivity index (χ1n) is 12.8. The molecule has 2 fully saturated rings. The average molecular weight is 482 g/mol. The van der Waals surface area contributed by atoms with Crippen LogP contribution >= 0.6 is 0 Å². The van der Waals surface area contributed by atoms with Gasteiger partial charge in [-0.05, 0) is 88.6 Å². The standard InChI is InChI=1S/C30H36B2O4/c1-27(2)28(3,4)34-31(33-27)23-15-11-13-21(19-23)25-17-9-10-18-26(25)22-14-12-16-24(20-22)32-35-29(5,6)30(7,8)36-32/h9-20H,1-8H3. The molecule has 0 atom stereocenters. The summed E-state index contributed by atoms with van der Waals surface area (Å²) in [6, 6.07) is 25.5. The maximum Gasteiger partial charge on any atom is 0.494 e. The fourth-order valence-electron chi connectivity index (χ4n) is 4.65. The van der Waals surface area contributed by atoms with Crippen LogP contribution in [0.25, 0.3) is 22.3 Å². The lowest BCUT2D eigenvalue weighted by molar-refractivity contribution is 0.00578. The molecule has 0 N–H and O–H groups in total. The Morgan fingerprint density at radius 1 is 0.444 bits per heavy atom. The molecular weight excluding hydrogens is 446 g/mol. The minimum atomic E-state index is -0.395. The van der Waals surface area contributed by atoms with Gasteiger partial charge in [0.15, 0.2) is 0 Å². The summed E-state index contributed by atoms with van der Waals surface area (Å²) in [5, 5.41) is 0. The van der Waals surface area contributed by atoms with E-state index in [4.69, 9.17) is 18.6 Å². The molecule has 0 unspecified atom stereocenters. The molecule has 4 nitrogen and oxygen atoms in total. The fraction of sp³-hybridized carbons (Fsp3) is 0.400. The molecule has 0 amide bonds. The van der Waals surface area contributed by atoms with Gasteiger partial charge in [0.2, 0.25) is 0 Å². The Bertz CT molecular complexity index is 1150. The molecule has 0 bridgehead atoms. The van der Waals surface area contributed by atoms with Crippen LogP contribution in [0.15, 0.2) is 72.8 Å². The summed E-state index contributed by atoms with van der Waals surface area (Å²) in [6.07, 6.45) is 0. The van der Waals surface area contributed by atoms with Gasteiger partial charge in [0.25, 0.3) is 0 Å². The fourth-order valence-corrected chi connectivity index (χ4v) is 4.65. The van der Waals surface area contributed by atoms with Crippen molar-refractivity contribution in [1.82, 2.24) is 0 Å². The lowest BCUT2D eigenvalue weighted by Crippen LogP contribution is -2.41. The van der Waals surface area contributed by atoms with E-state index in [1.165, 1.54) is 0 Å². The third kappa shape index (κ3) is 4.35. The molecule has 186 valence electrons. The molecule has 0 aliphatic carbocycles. The summed E-state index contributed by atoms with van der Waals surface area (Å²) in [5.74, 6) is 0. The predicted molar refractivity (Wildman–Crippen MR) is 149 cm³/mol. The van der Waals surface area contributed by atoms with Crippen LogP contribution in [-0.2, 0) is 18.6 Å². The molecule has 0 spiro atoms. The van der Waals surface area contributed by atoms with E-state index < -0.39 is 14.2 Å². The van der Waals surface area contributed by atoms with Crippen molar-refractivity contribution < 1.29 is 18.6 Å². The summed E-state index contributed by atoms with van der Waals surface area (Å²) in [6.45, 7) is 16.7. The summed E-state index contributed by atoms with van der Waals surface area (Å²) < 4.78 is 25.2. The second kappa shape index (κ2) is 8.59. The molecule has 5 rings (SSSR count). The first-order valence-corrected chi connectivity index (χ1v) is 12.8. The number of rotatable bonds is 4. The molecule has 6 heteroatoms. The highest BCUT2D eigenvalue weighted by Gasteiger charge is 2.52. The van der Waals surface area contributed by atoms with Crippen LogP contribution in [0, 0.1) is 0 Å². The van der Waals surface area contributed by atoms with Crippen LogP contribution in [0.4, 0.5) is 0 Å². The van der Waals surface area contributed by atoms with E-state index in [1.807, 2.05) is 0 Å². The Morgan fingerprint density at radius 2 is 0.778 bits per heavy atom. The third-order valence-electron chi connectivity index (χ3n) is 8.37. The second-order valence-electron chi connectivity index (χ2n) is 12.0. The van der Waals surface area contributed by atoms with E-state index >= 15 is 0 Å². The highest BCUT2D eigenvalue weighted by molar-refractivity contribution is 6.62. The van der Waals surface area contributed by atoms with Crippen LogP contribution in [0.1, 0.15) is 55.4 Å². The highest BCUT2D eigenvalue weighted by Crippen LogP contribution is 2.38. The monoisotopic (exact) mass is 482 g/mol. The van der Waals surface area contributed by atoms with Crippen LogP contribution in [0.3, 0.4) is 0 Å². The van der Waals surface area contributed by atoms with Crippen molar-refractivity contribution in [2.45, 2.75) is 77.8 Å². The lowest BCUT2D eigenvalue weighted by Gasteiger charge is -2.32. The van der Waals surface area contributed by atoms with E-state index in [0.29, 0.717) is 0 Å². The van der Waals surface area contributed by atoms with E-state index in [-0.39, 0.29) is 22.4 Å². The molecule has 2 saturated heterocycles. The van der Waals surface area contributed by atoms with Gasteiger partial charge in [-0.1, -0.05) is 72.8 Å². The SMILES string of the molecule is CC1(C)OB(c2cccc(-c3ccccc3-c3cccc(B4OC(C)(C)C(C)(C)O4)c3)c2)OC1(C)C. The summed E-state index contributed by atoms with van der Waals surface area (Å²) in [7, 11) is -0.789. The maximum absolute atomic E-state index is 6.31. The van der Waals surface area contributed by atoms with Crippen molar-refractivity contribution in [3.8, 4) is 22.3 Å². The topological polar surface area (TPSA) is 36.9 Å². The second-order valence-corrected chi connectivity index (χ2v) is 12.0. The zero-order chi connectivity index (χ0) is 25.9. The van der Waals surface area contributed by atoms with Crippen molar-refractivity contribution in [1.29, 1.82) is 0 Å². The molecule has 36 heavy (non-hydrogen) atoms. The average Bonchev–Trinajstić information content (AvgIpc) is 3.19. The molecular formula is C30H36B2O4. The van der Waals surface area contributed by atoms with Crippen LogP contribution in [0.5, 0.6) is 0 Å². The molecule has 0 saturated carbocycles. The Balaban J connectivity index is 1.49. The first kappa shape index (κ1) is 25.3. The highest BCUT2D eigenvalue weighted by atomic mass is 16.7. The Kier molecular flexibility index (Phi) is 6.04. The third-order valence-corrected chi connectivity index (χ3v) is 8.37. The van der Waals surface area contributed by atoms with Gasteiger partial charge in [-0.3, -0.25) is 0 Å². The lowest BCUT2D eigenvalue weighted by atomic mass is 9.76. The molecule has 3 aromatic carbocycles. The van der Waals surface area contributed by atoms with Gasteiger partial charge in [-0.25, -0.2) is 0 Å². The Hall–Kier alpha value is -2.37. The molecule has 2 aliphatic heterocycles. The predicted octanol–water partition coefficient (Wildman–Crippen LogP) is 5.62. The van der Waals surface area contributed by atoms with Crippen molar-refractivity contribution >= 4 is 25.2 Å². The Morgan fingerprint density at radius 3 is 1.11 bits per heavy atom. The van der Waals surface area contributed by atoms with E-state index in [0.717, 1.165) is 33.2 Å². The van der Waals surface area contributed by atoms with Gasteiger partial charge in [-0.2, -0.15) is 0 Å². The molecule has 0 aromatic heterocycles. The van der Waals surface area contributed by atoms with Gasteiger partial charge in [0.05, 0.1) is 22.4 Å². The summed E-state index contributed by atoms with van der Waals surface area (Å²) in [5.41, 5.74) is 5.10. The zero-order valence-corrected chi connectivity index (χ0v) is 22.7. The van der Waals surface area contributed by atoms with Crippen molar-refractivity contribution in [2.24, 2.45) is 0 Å². The smallest absolute Gasteiger partial charge is 0.399 e. The molecule has 2 heterocycles. The first-order chi connectivity index (χ1) is 16.8. The summed E-state index contributed by atoms with van der Waals surface area (Å²) in [4.78, 5) is 0. The van der Waals surface area contributed by atoms with Gasteiger partial charge in [0, 0.05) is 0 Å². The minimum Gasteiger partial charge on any atom is -0.399 e. The van der Waals surface area contributed by atoms with E-state index in [2.05, 4.69) is 128 Å². The van der Waals surface area contributed by atoms with Gasteiger partial charge in [0.1, 0.15) is 0 Å². The normalized spacial score (nSPS) is 21.7. The Labute approximate surface area is 216 Å². The van der Waals surface area contributed by atoms with Gasteiger partial charge < -0.3 is 18.6 Å². The van der Waals surface area contributed by atoms with Gasteiger partial charge in [-0.15, -0.1) is 0 Å². The number of hydrogen-bond acceptors (Lipinski definition) is 4. The summed E-state index contributed by atoms with van der Waals surface area (Å²) >= 11 is 0. The van der Waals surface area contributed by atoms with Crippen LogP contribution in [-0.4, -0.2) is 36.6 Å². The molecule has 3 aromatic rings. The molecule has 2 aliphatic rings.